The molecule has 0 atom stereocenters. The Hall–Kier alpha value is -3.38. The number of benzene rings is 3. The number of nitrogens with one attached hydrogen (secondary N) is 2. The van der Waals surface area contributed by atoms with E-state index in [2.05, 4.69) is 29.7 Å². The van der Waals surface area contributed by atoms with Gasteiger partial charge < -0.3 is 14.8 Å². The maximum atomic E-state index is 12.5. The fraction of sp³-hybridized carbons (Fsp3) is 0.286. The normalized spacial score (nSPS) is 10.4. The molecule has 3 aromatic carbocycles. The fourth-order valence-electron chi connectivity index (χ4n) is 3.32. The van der Waals surface area contributed by atoms with Crippen LogP contribution in [-0.4, -0.2) is 24.2 Å². The molecule has 0 bridgehead atoms. The van der Waals surface area contributed by atoms with Gasteiger partial charge in [0.25, 0.3) is 5.91 Å². The van der Waals surface area contributed by atoms with Crippen LogP contribution in [0.4, 0.5) is 5.69 Å². The van der Waals surface area contributed by atoms with Crippen LogP contribution in [0.2, 0.25) is 0 Å². The van der Waals surface area contributed by atoms with E-state index in [-0.39, 0.29) is 11.0 Å². The van der Waals surface area contributed by atoms with Gasteiger partial charge in [-0.1, -0.05) is 56.5 Å². The zero-order valence-corrected chi connectivity index (χ0v) is 20.4. The van der Waals surface area contributed by atoms with E-state index < -0.39 is 0 Å². The van der Waals surface area contributed by atoms with E-state index in [9.17, 15) is 4.79 Å². The number of thiocarbonyl (C=S) groups is 1. The second kappa shape index (κ2) is 14.0. The molecule has 0 aliphatic carbocycles. The molecule has 0 saturated heterocycles. The lowest BCUT2D eigenvalue weighted by molar-refractivity contribution is 0.0977. The summed E-state index contributed by atoms with van der Waals surface area (Å²) in [5, 5.41) is 5.97. The van der Waals surface area contributed by atoms with E-state index in [0.717, 1.165) is 36.6 Å². The first-order chi connectivity index (χ1) is 16.6. The molecule has 0 spiro atoms. The number of carbonyl (C=O) groups excluding carboxylic acids is 1. The Morgan fingerprint density at radius 3 is 2.12 bits per heavy atom. The summed E-state index contributed by atoms with van der Waals surface area (Å²) in [5.74, 6) is 1.27. The quantitative estimate of drug-likeness (QED) is 0.234. The van der Waals surface area contributed by atoms with Gasteiger partial charge in [0.15, 0.2) is 5.11 Å². The van der Waals surface area contributed by atoms with Crippen molar-refractivity contribution in [3.63, 3.8) is 0 Å². The Labute approximate surface area is 207 Å². The van der Waals surface area contributed by atoms with Crippen molar-refractivity contribution in [2.75, 3.05) is 18.5 Å². The van der Waals surface area contributed by atoms with Crippen molar-refractivity contribution in [2.24, 2.45) is 0 Å². The summed E-state index contributed by atoms with van der Waals surface area (Å²) in [4.78, 5) is 12.5. The molecule has 0 fully saturated rings. The van der Waals surface area contributed by atoms with Crippen LogP contribution in [0.5, 0.6) is 11.5 Å². The molecule has 0 unspecified atom stereocenters. The van der Waals surface area contributed by atoms with Crippen LogP contribution >= 0.6 is 12.2 Å². The highest BCUT2D eigenvalue weighted by molar-refractivity contribution is 7.80. The minimum absolute atomic E-state index is 0.237. The summed E-state index contributed by atoms with van der Waals surface area (Å²) in [5.41, 5.74) is 2.52. The Morgan fingerprint density at radius 2 is 1.44 bits per heavy atom. The predicted molar refractivity (Wildman–Crippen MR) is 142 cm³/mol. The van der Waals surface area contributed by atoms with Crippen LogP contribution in [0.25, 0.3) is 0 Å². The van der Waals surface area contributed by atoms with Crippen LogP contribution in [0.3, 0.4) is 0 Å². The lowest BCUT2D eigenvalue weighted by atomic mass is 10.2. The third-order valence-corrected chi connectivity index (χ3v) is 5.43. The van der Waals surface area contributed by atoms with Gasteiger partial charge in [0, 0.05) is 17.7 Å². The highest BCUT2D eigenvalue weighted by Gasteiger charge is 2.09. The van der Waals surface area contributed by atoms with Crippen LogP contribution in [0.1, 0.15) is 48.5 Å². The van der Waals surface area contributed by atoms with E-state index in [1.807, 2.05) is 42.5 Å². The van der Waals surface area contributed by atoms with Gasteiger partial charge in [0.2, 0.25) is 0 Å². The summed E-state index contributed by atoms with van der Waals surface area (Å²) >= 11 is 5.29. The summed E-state index contributed by atoms with van der Waals surface area (Å²) in [6.07, 6.45) is 5.53. The van der Waals surface area contributed by atoms with E-state index in [1.165, 1.54) is 24.8 Å². The maximum Gasteiger partial charge on any atom is 0.257 e. The molecule has 1 amide bonds. The molecule has 0 aliphatic heterocycles. The first-order valence-electron chi connectivity index (χ1n) is 11.8. The van der Waals surface area contributed by atoms with Crippen LogP contribution in [0.15, 0.2) is 78.9 Å². The maximum absolute atomic E-state index is 12.5. The molecule has 0 aliphatic rings. The number of hydrogen-bond donors (Lipinski definition) is 2. The first-order valence-corrected chi connectivity index (χ1v) is 12.2. The average molecular weight is 477 g/mol. The Bertz CT molecular complexity index is 1020. The Kier molecular flexibility index (Phi) is 10.4. The van der Waals surface area contributed by atoms with Crippen molar-refractivity contribution < 1.29 is 14.3 Å². The molecular formula is C28H32N2O3S. The summed E-state index contributed by atoms with van der Waals surface area (Å²) in [7, 11) is 0. The molecule has 5 nitrogen and oxygen atoms in total. The molecule has 3 rings (SSSR count). The third kappa shape index (κ3) is 8.87. The van der Waals surface area contributed by atoms with Crippen LogP contribution in [0, 0.1) is 0 Å². The minimum Gasteiger partial charge on any atom is -0.494 e. The number of anilines is 1. The molecule has 0 heterocycles. The highest BCUT2D eigenvalue weighted by atomic mass is 32.1. The summed E-state index contributed by atoms with van der Waals surface area (Å²) < 4.78 is 11.5. The SMILES string of the molecule is CCCCCCOc1ccc(NC(=S)NC(=O)c2ccc(OCCc3ccccc3)cc2)cc1. The monoisotopic (exact) mass is 476 g/mol. The third-order valence-electron chi connectivity index (χ3n) is 5.22. The number of unbranched alkanes of at least 4 members (excludes halogenated alkanes) is 3. The van der Waals surface area contributed by atoms with Gasteiger partial charge in [-0.2, -0.15) is 0 Å². The molecular weight excluding hydrogens is 444 g/mol. The van der Waals surface area contributed by atoms with E-state index in [4.69, 9.17) is 21.7 Å². The van der Waals surface area contributed by atoms with Gasteiger partial charge in [0.05, 0.1) is 13.2 Å². The molecule has 2 N–H and O–H groups in total. The molecule has 0 aromatic heterocycles. The number of hydrogen-bond acceptors (Lipinski definition) is 4. The van der Waals surface area contributed by atoms with Crippen molar-refractivity contribution in [1.29, 1.82) is 0 Å². The minimum atomic E-state index is -0.277. The molecule has 0 radical (unpaired) electrons. The van der Waals surface area contributed by atoms with E-state index in [1.54, 1.807) is 24.3 Å². The highest BCUT2D eigenvalue weighted by Crippen LogP contribution is 2.17. The number of carbonyl (C=O) groups is 1. The second-order valence-electron chi connectivity index (χ2n) is 7.95. The molecule has 6 heteroatoms. The Balaban J connectivity index is 1.39. The lowest BCUT2D eigenvalue weighted by Gasteiger charge is -2.11. The van der Waals surface area contributed by atoms with Crippen LogP contribution in [-0.2, 0) is 6.42 Å². The lowest BCUT2D eigenvalue weighted by Crippen LogP contribution is -2.34. The molecule has 3 aromatic rings. The molecule has 0 saturated carbocycles. The number of rotatable bonds is 12. The zero-order chi connectivity index (χ0) is 24.0. The van der Waals surface area contributed by atoms with Crippen molar-refractivity contribution in [3.05, 3.63) is 90.0 Å². The summed E-state index contributed by atoms with van der Waals surface area (Å²) in [6, 6.07) is 24.7. The topological polar surface area (TPSA) is 59.6 Å². The van der Waals surface area contributed by atoms with Crippen molar-refractivity contribution in [3.8, 4) is 11.5 Å². The molecule has 178 valence electrons. The average Bonchev–Trinajstić information content (AvgIpc) is 2.86. The standard InChI is InChI=1S/C28H32N2O3S/c1-2-3-4-8-20-32-26-17-13-24(14-18-26)29-28(34)30-27(31)23-11-15-25(16-12-23)33-21-19-22-9-6-5-7-10-22/h5-7,9-18H,2-4,8,19-21H2,1H3,(H2,29,30,31,34). The van der Waals surface area contributed by atoms with E-state index in [0.29, 0.717) is 12.2 Å². The summed E-state index contributed by atoms with van der Waals surface area (Å²) in [6.45, 7) is 3.49. The number of ether oxygens (including phenoxy) is 2. The van der Waals surface area contributed by atoms with Gasteiger partial charge in [-0.05, 0) is 72.7 Å². The van der Waals surface area contributed by atoms with Crippen molar-refractivity contribution >= 4 is 28.9 Å². The Morgan fingerprint density at radius 1 is 0.794 bits per heavy atom. The van der Waals surface area contributed by atoms with E-state index >= 15 is 0 Å². The van der Waals surface area contributed by atoms with Gasteiger partial charge in [-0.25, -0.2) is 0 Å². The fourth-order valence-corrected chi connectivity index (χ4v) is 3.54. The van der Waals surface area contributed by atoms with Crippen LogP contribution < -0.4 is 20.1 Å². The second-order valence-corrected chi connectivity index (χ2v) is 8.36. The smallest absolute Gasteiger partial charge is 0.257 e. The van der Waals surface area contributed by atoms with Gasteiger partial charge in [0.1, 0.15) is 11.5 Å². The van der Waals surface area contributed by atoms with Gasteiger partial charge in [-0.15, -0.1) is 0 Å². The van der Waals surface area contributed by atoms with Gasteiger partial charge >= 0.3 is 0 Å². The van der Waals surface area contributed by atoms with Gasteiger partial charge in [-0.3, -0.25) is 10.1 Å². The van der Waals surface area contributed by atoms with Crippen molar-refractivity contribution in [1.82, 2.24) is 5.32 Å². The zero-order valence-electron chi connectivity index (χ0n) is 19.6. The van der Waals surface area contributed by atoms with Crippen molar-refractivity contribution in [2.45, 2.75) is 39.0 Å². The first kappa shape index (κ1) is 25.2. The number of amides is 1. The largest absolute Gasteiger partial charge is 0.494 e. The molecule has 34 heavy (non-hydrogen) atoms. The predicted octanol–water partition coefficient (Wildman–Crippen LogP) is 6.39.